The number of para-hydroxylation sites is 1. The second-order valence-corrected chi connectivity index (χ2v) is 5.65. The van der Waals surface area contributed by atoms with E-state index in [1.54, 1.807) is 0 Å². The minimum Gasteiger partial charge on any atom is -0.387 e. The topological polar surface area (TPSA) is 41.6 Å². The SMILES string of the molecule is CCN(CC)CCC(C(N)=Nc1ccccc1)c1ccccc1. The van der Waals surface area contributed by atoms with Crippen molar-refractivity contribution in [3.05, 3.63) is 66.2 Å². The number of nitrogens with zero attached hydrogens (tertiary/aromatic N) is 2. The Balaban J connectivity index is 2.21. The van der Waals surface area contributed by atoms with Crippen molar-refractivity contribution in [3.63, 3.8) is 0 Å². The van der Waals surface area contributed by atoms with Gasteiger partial charge in [-0.05, 0) is 43.8 Å². The molecule has 0 aliphatic carbocycles. The van der Waals surface area contributed by atoms with Crippen molar-refractivity contribution in [1.29, 1.82) is 0 Å². The Hall–Kier alpha value is -2.13. The molecule has 0 aliphatic heterocycles. The molecule has 122 valence electrons. The lowest BCUT2D eigenvalue weighted by Gasteiger charge is -2.23. The molecule has 0 amide bonds. The van der Waals surface area contributed by atoms with Crippen LogP contribution in [0.25, 0.3) is 0 Å². The summed E-state index contributed by atoms with van der Waals surface area (Å²) >= 11 is 0. The van der Waals surface area contributed by atoms with Crippen LogP contribution in [0.4, 0.5) is 5.69 Å². The number of benzene rings is 2. The molecule has 0 saturated heterocycles. The summed E-state index contributed by atoms with van der Waals surface area (Å²) in [6.45, 7) is 7.55. The maximum atomic E-state index is 6.38. The van der Waals surface area contributed by atoms with E-state index >= 15 is 0 Å². The standard InChI is InChI=1S/C20H27N3/c1-3-23(4-2)16-15-19(17-11-7-5-8-12-17)20(21)22-18-13-9-6-10-14-18/h5-14,19H,3-4,15-16H2,1-2H3,(H2,21,22). The highest BCUT2D eigenvalue weighted by molar-refractivity contribution is 5.89. The van der Waals surface area contributed by atoms with Crippen LogP contribution in [0.1, 0.15) is 31.7 Å². The minimum absolute atomic E-state index is 0.150. The third-order valence-electron chi connectivity index (χ3n) is 4.20. The van der Waals surface area contributed by atoms with Crippen molar-refractivity contribution in [3.8, 4) is 0 Å². The van der Waals surface area contributed by atoms with Crippen LogP contribution in [-0.4, -0.2) is 30.4 Å². The van der Waals surface area contributed by atoms with Gasteiger partial charge in [-0.2, -0.15) is 0 Å². The van der Waals surface area contributed by atoms with Gasteiger partial charge in [-0.15, -0.1) is 0 Å². The van der Waals surface area contributed by atoms with Crippen LogP contribution in [-0.2, 0) is 0 Å². The number of amidine groups is 1. The van der Waals surface area contributed by atoms with Crippen LogP contribution in [0.2, 0.25) is 0 Å². The molecule has 0 radical (unpaired) electrons. The summed E-state index contributed by atoms with van der Waals surface area (Å²) in [5, 5.41) is 0. The smallest absolute Gasteiger partial charge is 0.107 e. The predicted molar refractivity (Wildman–Crippen MR) is 99.3 cm³/mol. The highest BCUT2D eigenvalue weighted by atomic mass is 15.1. The third kappa shape index (κ3) is 5.22. The van der Waals surface area contributed by atoms with Gasteiger partial charge in [0.1, 0.15) is 5.84 Å². The van der Waals surface area contributed by atoms with E-state index < -0.39 is 0 Å². The second-order valence-electron chi connectivity index (χ2n) is 5.65. The van der Waals surface area contributed by atoms with Gasteiger partial charge in [0.25, 0.3) is 0 Å². The molecule has 3 nitrogen and oxygen atoms in total. The van der Waals surface area contributed by atoms with Gasteiger partial charge < -0.3 is 10.6 Å². The molecule has 0 aliphatic rings. The predicted octanol–water partition coefficient (Wildman–Crippen LogP) is 4.19. The van der Waals surface area contributed by atoms with E-state index in [1.165, 1.54) is 5.56 Å². The van der Waals surface area contributed by atoms with Crippen molar-refractivity contribution in [2.24, 2.45) is 10.7 Å². The molecular weight excluding hydrogens is 282 g/mol. The van der Waals surface area contributed by atoms with Crippen LogP contribution >= 0.6 is 0 Å². The molecule has 0 heterocycles. The van der Waals surface area contributed by atoms with Gasteiger partial charge in [-0.1, -0.05) is 62.4 Å². The van der Waals surface area contributed by atoms with Gasteiger partial charge in [0, 0.05) is 5.92 Å². The summed E-state index contributed by atoms with van der Waals surface area (Å²) in [4.78, 5) is 7.06. The number of rotatable bonds is 8. The number of aliphatic imine (C=N–C) groups is 1. The Bertz CT molecular complexity index is 589. The van der Waals surface area contributed by atoms with E-state index in [9.17, 15) is 0 Å². The maximum Gasteiger partial charge on any atom is 0.107 e. The highest BCUT2D eigenvalue weighted by Gasteiger charge is 2.17. The van der Waals surface area contributed by atoms with E-state index in [-0.39, 0.29) is 5.92 Å². The quantitative estimate of drug-likeness (QED) is 0.587. The molecule has 23 heavy (non-hydrogen) atoms. The van der Waals surface area contributed by atoms with Crippen LogP contribution in [0.3, 0.4) is 0 Å². The zero-order chi connectivity index (χ0) is 16.5. The Morgan fingerprint density at radius 1 is 0.957 bits per heavy atom. The Morgan fingerprint density at radius 2 is 1.52 bits per heavy atom. The van der Waals surface area contributed by atoms with Crippen molar-refractivity contribution in [1.82, 2.24) is 4.90 Å². The molecule has 1 unspecified atom stereocenters. The first-order valence-electron chi connectivity index (χ1n) is 8.41. The molecule has 0 fully saturated rings. The minimum atomic E-state index is 0.150. The zero-order valence-electron chi connectivity index (χ0n) is 14.2. The van der Waals surface area contributed by atoms with Crippen molar-refractivity contribution >= 4 is 11.5 Å². The summed E-state index contributed by atoms with van der Waals surface area (Å²) in [5.41, 5.74) is 8.53. The molecule has 3 heteroatoms. The lowest BCUT2D eigenvalue weighted by molar-refractivity contribution is 0.297. The molecule has 0 aromatic heterocycles. The van der Waals surface area contributed by atoms with Gasteiger partial charge in [-0.3, -0.25) is 0 Å². The first kappa shape index (κ1) is 17.2. The molecule has 0 bridgehead atoms. The molecule has 2 aromatic rings. The van der Waals surface area contributed by atoms with Crippen molar-refractivity contribution < 1.29 is 0 Å². The van der Waals surface area contributed by atoms with Crippen molar-refractivity contribution in [2.45, 2.75) is 26.2 Å². The Morgan fingerprint density at radius 3 is 2.09 bits per heavy atom. The number of nitrogens with two attached hydrogens (primary N) is 1. The molecule has 1 atom stereocenters. The molecular formula is C20H27N3. The summed E-state index contributed by atoms with van der Waals surface area (Å²) < 4.78 is 0. The van der Waals surface area contributed by atoms with E-state index in [1.807, 2.05) is 36.4 Å². The van der Waals surface area contributed by atoms with Gasteiger partial charge in [0.05, 0.1) is 5.69 Å². The Kier molecular flexibility index (Phi) is 6.82. The first-order valence-corrected chi connectivity index (χ1v) is 8.41. The van der Waals surface area contributed by atoms with Crippen LogP contribution < -0.4 is 5.73 Å². The van der Waals surface area contributed by atoms with Gasteiger partial charge in [0.15, 0.2) is 0 Å². The monoisotopic (exact) mass is 309 g/mol. The van der Waals surface area contributed by atoms with Gasteiger partial charge in [0.2, 0.25) is 0 Å². The lowest BCUT2D eigenvalue weighted by atomic mass is 9.94. The number of hydrogen-bond donors (Lipinski definition) is 1. The Labute approximate surface area is 139 Å². The van der Waals surface area contributed by atoms with Gasteiger partial charge >= 0.3 is 0 Å². The fourth-order valence-electron chi connectivity index (χ4n) is 2.75. The summed E-state index contributed by atoms with van der Waals surface area (Å²) in [6.07, 6.45) is 0.980. The second kappa shape index (κ2) is 9.11. The average molecular weight is 309 g/mol. The average Bonchev–Trinajstić information content (AvgIpc) is 2.60. The zero-order valence-corrected chi connectivity index (χ0v) is 14.2. The lowest BCUT2D eigenvalue weighted by Crippen LogP contribution is -2.29. The molecule has 2 N–H and O–H groups in total. The first-order chi connectivity index (χ1) is 11.2. The molecule has 2 aromatic carbocycles. The number of hydrogen-bond acceptors (Lipinski definition) is 2. The summed E-state index contributed by atoms with van der Waals surface area (Å²) in [5.74, 6) is 0.839. The normalized spacial score (nSPS) is 13.3. The van der Waals surface area contributed by atoms with Gasteiger partial charge in [-0.25, -0.2) is 4.99 Å². The van der Waals surface area contributed by atoms with Crippen LogP contribution in [0, 0.1) is 0 Å². The third-order valence-corrected chi connectivity index (χ3v) is 4.20. The highest BCUT2D eigenvalue weighted by Crippen LogP contribution is 2.22. The van der Waals surface area contributed by atoms with Crippen LogP contribution in [0.15, 0.2) is 65.7 Å². The maximum absolute atomic E-state index is 6.38. The molecule has 2 rings (SSSR count). The fraction of sp³-hybridized carbons (Fsp3) is 0.350. The van der Waals surface area contributed by atoms with Crippen LogP contribution in [0.5, 0.6) is 0 Å². The van der Waals surface area contributed by atoms with E-state index in [0.29, 0.717) is 5.84 Å². The van der Waals surface area contributed by atoms with E-state index in [4.69, 9.17) is 5.73 Å². The molecule has 0 spiro atoms. The summed E-state index contributed by atoms with van der Waals surface area (Å²) in [7, 11) is 0. The fourth-order valence-corrected chi connectivity index (χ4v) is 2.75. The van der Waals surface area contributed by atoms with E-state index in [2.05, 4.69) is 48.0 Å². The largest absolute Gasteiger partial charge is 0.387 e. The van der Waals surface area contributed by atoms with E-state index in [0.717, 1.165) is 31.7 Å². The van der Waals surface area contributed by atoms with Crippen molar-refractivity contribution in [2.75, 3.05) is 19.6 Å². The molecule has 0 saturated carbocycles. The summed E-state index contributed by atoms with van der Waals surface area (Å²) in [6, 6.07) is 20.4.